The largest absolute Gasteiger partial charge is 0.361 e. The topological polar surface area (TPSA) is 39.6 Å². The summed E-state index contributed by atoms with van der Waals surface area (Å²) >= 11 is 0. The molecule has 2 heteroatoms. The van der Waals surface area contributed by atoms with Crippen molar-refractivity contribution in [3.63, 3.8) is 0 Å². The number of para-hydroxylation sites is 1. The SMILES string of the molecule is CC(C#N)c1cccc2cc[nH]c12. The van der Waals surface area contributed by atoms with E-state index >= 15 is 0 Å². The molecule has 0 bridgehead atoms. The molecule has 0 spiro atoms. The number of aromatic amines is 1. The van der Waals surface area contributed by atoms with Gasteiger partial charge in [-0.15, -0.1) is 0 Å². The van der Waals surface area contributed by atoms with E-state index in [0.29, 0.717) is 0 Å². The van der Waals surface area contributed by atoms with E-state index < -0.39 is 0 Å². The highest BCUT2D eigenvalue weighted by atomic mass is 14.7. The third-order valence-corrected chi connectivity index (χ3v) is 2.28. The number of fused-ring (bicyclic) bond motifs is 1. The molecule has 1 aromatic heterocycles. The van der Waals surface area contributed by atoms with Crippen molar-refractivity contribution in [2.24, 2.45) is 0 Å². The molecule has 13 heavy (non-hydrogen) atoms. The van der Waals surface area contributed by atoms with Crippen molar-refractivity contribution >= 4 is 10.9 Å². The van der Waals surface area contributed by atoms with Crippen molar-refractivity contribution in [3.8, 4) is 6.07 Å². The summed E-state index contributed by atoms with van der Waals surface area (Å²) in [6, 6.07) is 10.3. The van der Waals surface area contributed by atoms with Crippen molar-refractivity contribution in [1.82, 2.24) is 4.98 Å². The quantitative estimate of drug-likeness (QED) is 0.702. The first-order valence-electron chi connectivity index (χ1n) is 4.28. The van der Waals surface area contributed by atoms with E-state index in [-0.39, 0.29) is 5.92 Å². The molecule has 2 aromatic rings. The van der Waals surface area contributed by atoms with Crippen LogP contribution in [0.15, 0.2) is 30.5 Å². The van der Waals surface area contributed by atoms with Gasteiger partial charge in [0.1, 0.15) is 0 Å². The summed E-state index contributed by atoms with van der Waals surface area (Å²) < 4.78 is 0. The number of rotatable bonds is 1. The van der Waals surface area contributed by atoms with Crippen molar-refractivity contribution in [1.29, 1.82) is 5.26 Å². The zero-order valence-corrected chi connectivity index (χ0v) is 7.41. The summed E-state index contributed by atoms with van der Waals surface area (Å²) in [6.07, 6.45) is 1.90. The van der Waals surface area contributed by atoms with E-state index in [1.165, 1.54) is 5.39 Å². The normalized spacial score (nSPS) is 12.6. The van der Waals surface area contributed by atoms with E-state index in [1.54, 1.807) is 0 Å². The monoisotopic (exact) mass is 170 g/mol. The zero-order chi connectivity index (χ0) is 9.26. The summed E-state index contributed by atoms with van der Waals surface area (Å²) in [5.74, 6) is -0.0534. The lowest BCUT2D eigenvalue weighted by Crippen LogP contribution is -1.90. The Morgan fingerprint density at radius 1 is 1.38 bits per heavy atom. The van der Waals surface area contributed by atoms with E-state index in [1.807, 2.05) is 37.4 Å². The summed E-state index contributed by atoms with van der Waals surface area (Å²) in [5.41, 5.74) is 2.15. The number of hydrogen-bond acceptors (Lipinski definition) is 1. The fourth-order valence-corrected chi connectivity index (χ4v) is 1.54. The van der Waals surface area contributed by atoms with E-state index in [0.717, 1.165) is 11.1 Å². The molecule has 0 radical (unpaired) electrons. The molecule has 0 aliphatic heterocycles. The van der Waals surface area contributed by atoms with Gasteiger partial charge in [-0.25, -0.2) is 0 Å². The van der Waals surface area contributed by atoms with Crippen LogP contribution >= 0.6 is 0 Å². The molecule has 0 aliphatic carbocycles. The molecular formula is C11H10N2. The van der Waals surface area contributed by atoms with Crippen molar-refractivity contribution in [3.05, 3.63) is 36.0 Å². The highest BCUT2D eigenvalue weighted by Gasteiger charge is 2.07. The van der Waals surface area contributed by atoms with Crippen LogP contribution in [0.5, 0.6) is 0 Å². The minimum Gasteiger partial charge on any atom is -0.361 e. The number of hydrogen-bond donors (Lipinski definition) is 1. The maximum Gasteiger partial charge on any atom is 0.0705 e. The van der Waals surface area contributed by atoms with Crippen molar-refractivity contribution in [2.75, 3.05) is 0 Å². The Kier molecular flexibility index (Phi) is 1.79. The van der Waals surface area contributed by atoms with Crippen LogP contribution in [-0.4, -0.2) is 4.98 Å². The molecule has 1 unspecified atom stereocenters. The van der Waals surface area contributed by atoms with Gasteiger partial charge >= 0.3 is 0 Å². The molecule has 64 valence electrons. The first-order valence-corrected chi connectivity index (χ1v) is 4.28. The second kappa shape index (κ2) is 2.95. The predicted molar refractivity (Wildman–Crippen MR) is 52.3 cm³/mol. The van der Waals surface area contributed by atoms with E-state index in [2.05, 4.69) is 11.1 Å². The van der Waals surface area contributed by atoms with Crippen LogP contribution in [0, 0.1) is 11.3 Å². The maximum absolute atomic E-state index is 8.82. The fraction of sp³-hybridized carbons (Fsp3) is 0.182. The number of nitriles is 1. The first kappa shape index (κ1) is 7.88. The molecular weight excluding hydrogens is 160 g/mol. The predicted octanol–water partition coefficient (Wildman–Crippen LogP) is 2.79. The molecule has 2 rings (SSSR count). The smallest absolute Gasteiger partial charge is 0.0705 e. The van der Waals surface area contributed by atoms with Crippen LogP contribution in [0.1, 0.15) is 18.4 Å². The Bertz CT molecular complexity index is 462. The molecule has 0 saturated carbocycles. The first-order chi connectivity index (χ1) is 6.33. The van der Waals surface area contributed by atoms with Gasteiger partial charge in [-0.05, 0) is 23.9 Å². The van der Waals surface area contributed by atoms with Crippen molar-refractivity contribution < 1.29 is 0 Å². The number of nitrogens with one attached hydrogen (secondary N) is 1. The Morgan fingerprint density at radius 2 is 2.23 bits per heavy atom. The Morgan fingerprint density at radius 3 is 3.00 bits per heavy atom. The third-order valence-electron chi connectivity index (χ3n) is 2.28. The maximum atomic E-state index is 8.82. The van der Waals surface area contributed by atoms with Gasteiger partial charge in [-0.1, -0.05) is 18.2 Å². The Balaban J connectivity index is 2.69. The van der Waals surface area contributed by atoms with Gasteiger partial charge in [-0.2, -0.15) is 5.26 Å². The highest BCUT2D eigenvalue weighted by molar-refractivity contribution is 5.83. The van der Waals surface area contributed by atoms with Gasteiger partial charge in [0.05, 0.1) is 12.0 Å². The van der Waals surface area contributed by atoms with Gasteiger partial charge in [0.2, 0.25) is 0 Å². The van der Waals surface area contributed by atoms with Crippen LogP contribution in [0.4, 0.5) is 0 Å². The van der Waals surface area contributed by atoms with Gasteiger partial charge in [0.25, 0.3) is 0 Å². The minimum absolute atomic E-state index is 0.0534. The average molecular weight is 170 g/mol. The average Bonchev–Trinajstić information content (AvgIpc) is 2.63. The lowest BCUT2D eigenvalue weighted by atomic mass is 10.0. The lowest BCUT2D eigenvalue weighted by Gasteiger charge is -2.03. The van der Waals surface area contributed by atoms with Crippen LogP contribution in [0.2, 0.25) is 0 Å². The van der Waals surface area contributed by atoms with Gasteiger partial charge in [0.15, 0.2) is 0 Å². The number of aromatic nitrogens is 1. The molecule has 0 amide bonds. The third kappa shape index (κ3) is 1.19. The second-order valence-electron chi connectivity index (χ2n) is 3.14. The number of H-pyrrole nitrogens is 1. The molecule has 1 atom stereocenters. The van der Waals surface area contributed by atoms with Gasteiger partial charge < -0.3 is 4.98 Å². The fourth-order valence-electron chi connectivity index (χ4n) is 1.54. The highest BCUT2D eigenvalue weighted by Crippen LogP contribution is 2.23. The lowest BCUT2D eigenvalue weighted by molar-refractivity contribution is 0.990. The van der Waals surface area contributed by atoms with E-state index in [9.17, 15) is 0 Å². The van der Waals surface area contributed by atoms with Crippen LogP contribution in [-0.2, 0) is 0 Å². The molecule has 1 aromatic carbocycles. The second-order valence-corrected chi connectivity index (χ2v) is 3.14. The van der Waals surface area contributed by atoms with Crippen LogP contribution in [0.25, 0.3) is 10.9 Å². The number of nitrogens with zero attached hydrogens (tertiary/aromatic N) is 1. The summed E-state index contributed by atoms with van der Waals surface area (Å²) in [7, 11) is 0. The van der Waals surface area contributed by atoms with E-state index in [4.69, 9.17) is 5.26 Å². The summed E-state index contributed by atoms with van der Waals surface area (Å²) in [5, 5.41) is 9.99. The molecule has 0 fully saturated rings. The molecule has 1 heterocycles. The number of benzene rings is 1. The summed E-state index contributed by atoms with van der Waals surface area (Å²) in [6.45, 7) is 1.91. The Hall–Kier alpha value is -1.75. The Labute approximate surface area is 76.8 Å². The molecule has 2 nitrogen and oxygen atoms in total. The van der Waals surface area contributed by atoms with Gasteiger partial charge in [-0.3, -0.25) is 0 Å². The van der Waals surface area contributed by atoms with Crippen LogP contribution < -0.4 is 0 Å². The summed E-state index contributed by atoms with van der Waals surface area (Å²) in [4.78, 5) is 3.15. The van der Waals surface area contributed by atoms with Gasteiger partial charge in [0, 0.05) is 11.7 Å². The molecule has 0 saturated heterocycles. The van der Waals surface area contributed by atoms with Crippen molar-refractivity contribution in [2.45, 2.75) is 12.8 Å². The standard InChI is InChI=1S/C11H10N2/c1-8(7-12)10-4-2-3-9-5-6-13-11(9)10/h2-6,8,13H,1H3. The zero-order valence-electron chi connectivity index (χ0n) is 7.41. The minimum atomic E-state index is -0.0534. The molecule has 0 aliphatic rings. The molecule has 1 N–H and O–H groups in total. The van der Waals surface area contributed by atoms with Crippen LogP contribution in [0.3, 0.4) is 0 Å².